The zero-order valence-corrected chi connectivity index (χ0v) is 41.9. The van der Waals surface area contributed by atoms with E-state index in [2.05, 4.69) is 69.3 Å². The van der Waals surface area contributed by atoms with Crippen molar-refractivity contribution < 1.29 is 33.6 Å². The molecule has 4 aromatic rings. The number of benzene rings is 2. The average Bonchev–Trinajstić information content (AvgIpc) is 4.05. The Balaban J connectivity index is 1.33. The molecule has 0 aliphatic rings. The highest BCUT2D eigenvalue weighted by Crippen LogP contribution is 2.19. The third-order valence-corrected chi connectivity index (χ3v) is 11.9. The number of hydrogen-bond donors (Lipinski definition) is 12. The second kappa shape index (κ2) is 33.0. The van der Waals surface area contributed by atoms with Crippen molar-refractivity contribution in [2.45, 2.75) is 134 Å². The maximum absolute atomic E-state index is 14.3. The van der Waals surface area contributed by atoms with Crippen LogP contribution in [0.1, 0.15) is 107 Å². The molecule has 0 aliphatic heterocycles. The number of fused-ring (bicyclic) bond motifs is 1. The van der Waals surface area contributed by atoms with Crippen molar-refractivity contribution in [1.29, 1.82) is 0 Å². The zero-order chi connectivity index (χ0) is 52.6. The summed E-state index contributed by atoms with van der Waals surface area (Å²) in [6, 6.07) is 11.4. The second-order valence-corrected chi connectivity index (χ2v) is 17.9. The summed E-state index contributed by atoms with van der Waals surface area (Å²) in [6.07, 6.45) is 17.5. The molecule has 22 nitrogen and oxygen atoms in total. The van der Waals surface area contributed by atoms with Crippen LogP contribution in [0.15, 0.2) is 83.4 Å². The van der Waals surface area contributed by atoms with Gasteiger partial charge < -0.3 is 64.5 Å². The van der Waals surface area contributed by atoms with Crippen LogP contribution >= 0.6 is 0 Å². The molecule has 73 heavy (non-hydrogen) atoms. The number of carbonyl (C=O) groups is 7. The van der Waals surface area contributed by atoms with E-state index >= 15 is 0 Å². The van der Waals surface area contributed by atoms with E-state index in [-0.39, 0.29) is 50.5 Å². The lowest BCUT2D eigenvalue weighted by Gasteiger charge is -2.26. The minimum atomic E-state index is -1.27. The van der Waals surface area contributed by atoms with Gasteiger partial charge in [0.25, 0.3) is 5.91 Å². The molecule has 0 radical (unpaired) electrons. The first-order valence-corrected chi connectivity index (χ1v) is 25.2. The van der Waals surface area contributed by atoms with Gasteiger partial charge in [-0.2, -0.15) is 5.10 Å². The molecular weight excluding hydrogens is 935 g/mol. The Hall–Kier alpha value is -7.78. The summed E-state index contributed by atoms with van der Waals surface area (Å²) in [5.41, 5.74) is 22.1. The van der Waals surface area contributed by atoms with E-state index in [9.17, 15) is 33.6 Å². The molecule has 4 atom stereocenters. The van der Waals surface area contributed by atoms with Crippen LogP contribution in [0.3, 0.4) is 0 Å². The van der Waals surface area contributed by atoms with Gasteiger partial charge >= 0.3 is 0 Å². The smallest absolute Gasteiger partial charge is 0.264 e. The molecule has 22 heteroatoms. The molecule has 15 N–H and O–H groups in total. The largest absolute Gasteiger partial charge is 0.370 e. The van der Waals surface area contributed by atoms with Crippen LogP contribution in [-0.4, -0.2) is 119 Å². The van der Waals surface area contributed by atoms with Crippen LogP contribution in [0, 0.1) is 0 Å². The van der Waals surface area contributed by atoms with E-state index in [1.165, 1.54) is 51.0 Å². The van der Waals surface area contributed by atoms with Crippen molar-refractivity contribution in [3.63, 3.8) is 0 Å². The van der Waals surface area contributed by atoms with Crippen molar-refractivity contribution in [2.24, 2.45) is 27.3 Å². The van der Waals surface area contributed by atoms with Crippen LogP contribution in [0.4, 0.5) is 0 Å². The summed E-state index contributed by atoms with van der Waals surface area (Å²) in [7, 11) is 0. The number of hydrogen-bond acceptors (Lipinski definition) is 11. The van der Waals surface area contributed by atoms with Crippen molar-refractivity contribution in [1.82, 2.24) is 52.3 Å². The number of nitrogens with one attached hydrogen (secondary N) is 9. The minimum Gasteiger partial charge on any atom is -0.370 e. The van der Waals surface area contributed by atoms with Gasteiger partial charge in [-0.05, 0) is 42.9 Å². The van der Waals surface area contributed by atoms with Crippen LogP contribution in [-0.2, 0) is 52.8 Å². The van der Waals surface area contributed by atoms with Crippen LogP contribution < -0.4 is 54.5 Å². The fourth-order valence-electron chi connectivity index (χ4n) is 7.94. The van der Waals surface area contributed by atoms with Gasteiger partial charge in [0.1, 0.15) is 36.9 Å². The summed E-state index contributed by atoms with van der Waals surface area (Å²) >= 11 is 0. The van der Waals surface area contributed by atoms with Gasteiger partial charge in [0.05, 0.1) is 6.33 Å². The number of unbranched alkanes of at least 4 members (excludes halogenated alkanes) is 8. The molecule has 7 amide bonds. The number of aliphatic imine (C=N–C) groups is 1. The number of carbonyl (C=O) groups excluding carboxylic acids is 7. The first-order chi connectivity index (χ1) is 35.3. The van der Waals surface area contributed by atoms with E-state index in [4.69, 9.17) is 17.2 Å². The zero-order valence-electron chi connectivity index (χ0n) is 41.9. The maximum atomic E-state index is 14.3. The lowest BCUT2D eigenvalue weighted by Crippen LogP contribution is -2.59. The summed E-state index contributed by atoms with van der Waals surface area (Å²) in [4.78, 5) is 107. The number of rotatable bonds is 36. The molecule has 0 spiro atoms. The fraction of sp³-hybridized carbons (Fsp3) is 0.490. The number of imidazole rings is 1. The highest BCUT2D eigenvalue weighted by atomic mass is 16.2. The Morgan fingerprint density at radius 1 is 0.658 bits per heavy atom. The lowest BCUT2D eigenvalue weighted by molar-refractivity contribution is -0.134. The Kier molecular flexibility index (Phi) is 26.1. The van der Waals surface area contributed by atoms with Gasteiger partial charge in [0.2, 0.25) is 35.4 Å². The highest BCUT2D eigenvalue weighted by Gasteiger charge is 2.32. The average molecular weight is 1010 g/mol. The van der Waals surface area contributed by atoms with Gasteiger partial charge in [0, 0.05) is 74.3 Å². The molecular formula is C51H75N15O7. The monoisotopic (exact) mass is 1010 g/mol. The van der Waals surface area contributed by atoms with E-state index < -0.39 is 66.2 Å². The van der Waals surface area contributed by atoms with Gasteiger partial charge in [-0.1, -0.05) is 107 Å². The van der Waals surface area contributed by atoms with E-state index in [1.807, 2.05) is 24.3 Å². The number of nitrogens with zero attached hydrogens (tertiary/aromatic N) is 3. The van der Waals surface area contributed by atoms with Gasteiger partial charge in [-0.3, -0.25) is 38.6 Å². The van der Waals surface area contributed by atoms with Gasteiger partial charge in [0.15, 0.2) is 5.96 Å². The van der Waals surface area contributed by atoms with Crippen LogP contribution in [0.2, 0.25) is 0 Å². The lowest BCUT2D eigenvalue weighted by atomic mass is 10.0. The predicted molar refractivity (Wildman–Crippen MR) is 280 cm³/mol. The fourth-order valence-corrected chi connectivity index (χ4v) is 7.94. The molecule has 0 saturated heterocycles. The molecule has 0 saturated carbocycles. The summed E-state index contributed by atoms with van der Waals surface area (Å²) in [5.74, 6) is -4.30. The number of aromatic nitrogens is 3. The van der Waals surface area contributed by atoms with Crippen LogP contribution in [0.25, 0.3) is 10.9 Å². The Bertz CT molecular complexity index is 2390. The molecule has 396 valence electrons. The molecule has 0 fully saturated rings. The number of H-pyrrole nitrogens is 2. The maximum Gasteiger partial charge on any atom is 0.264 e. The van der Waals surface area contributed by atoms with Crippen molar-refractivity contribution in [2.75, 3.05) is 26.2 Å². The Labute approximate surface area is 426 Å². The predicted octanol–water partition coefficient (Wildman–Crippen LogP) is 1.52. The van der Waals surface area contributed by atoms with Crippen molar-refractivity contribution >= 4 is 64.4 Å². The van der Waals surface area contributed by atoms with Gasteiger partial charge in [-0.25, -0.2) is 4.98 Å². The Morgan fingerprint density at radius 3 is 2.00 bits per heavy atom. The molecule has 4 rings (SSSR count). The second-order valence-electron chi connectivity index (χ2n) is 17.9. The summed E-state index contributed by atoms with van der Waals surface area (Å²) in [6.45, 7) is 2.64. The first kappa shape index (κ1) is 57.8. The van der Waals surface area contributed by atoms with E-state index in [0.29, 0.717) is 37.2 Å². The number of para-hydroxylation sites is 1. The first-order valence-electron chi connectivity index (χ1n) is 25.2. The summed E-state index contributed by atoms with van der Waals surface area (Å²) < 4.78 is 0. The van der Waals surface area contributed by atoms with E-state index in [0.717, 1.165) is 41.9 Å². The highest BCUT2D eigenvalue weighted by molar-refractivity contribution is 6.26. The SMILES string of the molecule is CCCCCCCCCCCC(=O)NCCCNC(=O)/C=N/NCC(=O)N[C@@H](Cc1cnc[nH]1)C(=O)N[C@H](Cc1ccccc1)C(=O)N[C@@H](CCCN=C(N)N)C(=O)N[C@@H](Cc1c[nH]c2ccccc12)C(N)=O. The van der Waals surface area contributed by atoms with E-state index in [1.54, 1.807) is 36.5 Å². The van der Waals surface area contributed by atoms with Crippen LogP contribution in [0.5, 0.6) is 0 Å². The number of amides is 7. The molecule has 2 aromatic carbocycles. The minimum absolute atomic E-state index is 0.00519. The molecule has 0 unspecified atom stereocenters. The third-order valence-electron chi connectivity index (χ3n) is 11.9. The third kappa shape index (κ3) is 22.9. The van der Waals surface area contributed by atoms with Gasteiger partial charge in [-0.15, -0.1) is 0 Å². The quantitative estimate of drug-likeness (QED) is 0.0134. The number of aromatic amines is 2. The Morgan fingerprint density at radius 2 is 1.30 bits per heavy atom. The topological polar surface area (TPSA) is 351 Å². The van der Waals surface area contributed by atoms with Crippen molar-refractivity contribution in [3.05, 3.63) is 90.1 Å². The van der Waals surface area contributed by atoms with Crippen molar-refractivity contribution in [3.8, 4) is 0 Å². The molecule has 2 heterocycles. The number of primary amides is 1. The standard InChI is InChI=1S/C51H75N15O7/c1-2-3-4-5-6-7-8-9-13-23-44(67)56-25-17-26-57-45(68)32-61-62-33-46(69)63-43(29-37-31-55-34-60-37)50(73)66-42(27-35-18-11-10-12-19-35)49(72)64-40(22-16-24-58-51(53)54)48(71)65-41(47(52)70)28-36-30-59-39-21-15-14-20-38(36)39/h10-12,14-15,18-21,30-32,34,40-43,59,62H,2-9,13,16-17,22-29,33H2,1H3,(H2,52,70)(H,55,60)(H,56,67)(H,57,68)(H,63,69)(H,64,72)(H,65,71)(H,66,73)(H4,53,54,58)/b61-32+/t40-,41-,42+,43-/m0/s1. The number of hydrazone groups is 1. The summed E-state index contributed by atoms with van der Waals surface area (Å²) in [5, 5.41) is 21.1. The number of guanidine groups is 1. The molecule has 0 bridgehead atoms. The molecule has 0 aliphatic carbocycles. The molecule has 2 aromatic heterocycles. The normalized spacial score (nSPS) is 12.7. The number of nitrogens with two attached hydrogens (primary N) is 3.